The van der Waals surface area contributed by atoms with Gasteiger partial charge < -0.3 is 15.1 Å². The quantitative estimate of drug-likeness (QED) is 0.617. The van der Waals surface area contributed by atoms with Crippen LogP contribution in [0.5, 0.6) is 0 Å². The predicted octanol–water partition coefficient (Wildman–Crippen LogP) is 1.57. The summed E-state index contributed by atoms with van der Waals surface area (Å²) >= 11 is 0. The van der Waals surface area contributed by atoms with E-state index in [4.69, 9.17) is 10.2 Å². The number of amides is 1. The van der Waals surface area contributed by atoms with Gasteiger partial charge in [0.25, 0.3) is 5.91 Å². The average Bonchev–Trinajstić information content (AvgIpc) is 2.49. The molecule has 0 unspecified atom stereocenters. The van der Waals surface area contributed by atoms with E-state index in [0.717, 1.165) is 24.8 Å². The van der Waals surface area contributed by atoms with E-state index in [-0.39, 0.29) is 19.1 Å². The van der Waals surface area contributed by atoms with Crippen LogP contribution >= 0.6 is 0 Å². The van der Waals surface area contributed by atoms with Gasteiger partial charge in [-0.1, -0.05) is 23.5 Å². The lowest BCUT2D eigenvalue weighted by Gasteiger charge is -2.18. The van der Waals surface area contributed by atoms with Gasteiger partial charge in [0.05, 0.1) is 5.56 Å². The molecule has 0 aliphatic carbocycles. The van der Waals surface area contributed by atoms with Crippen LogP contribution in [0, 0.1) is 18.8 Å². The van der Waals surface area contributed by atoms with Crippen molar-refractivity contribution in [3.05, 3.63) is 34.9 Å². The number of aliphatic hydroxyl groups is 2. The van der Waals surface area contributed by atoms with Gasteiger partial charge >= 0.3 is 0 Å². The fourth-order valence-electron chi connectivity index (χ4n) is 2.02. The van der Waals surface area contributed by atoms with Crippen molar-refractivity contribution in [2.75, 3.05) is 26.8 Å². The summed E-state index contributed by atoms with van der Waals surface area (Å²) in [5.41, 5.74) is 2.21. The van der Waals surface area contributed by atoms with Crippen LogP contribution in [0.4, 0.5) is 0 Å². The largest absolute Gasteiger partial charge is 0.396 e. The summed E-state index contributed by atoms with van der Waals surface area (Å²) in [4.78, 5) is 14.2. The zero-order chi connectivity index (χ0) is 15.7. The third-order valence-corrected chi connectivity index (χ3v) is 3.21. The second-order valence-corrected chi connectivity index (χ2v) is 5.02. The number of benzene rings is 1. The van der Waals surface area contributed by atoms with E-state index in [9.17, 15) is 4.79 Å². The van der Waals surface area contributed by atoms with Gasteiger partial charge in [0.1, 0.15) is 6.61 Å². The van der Waals surface area contributed by atoms with Crippen LogP contribution in [0.3, 0.4) is 0 Å². The maximum absolute atomic E-state index is 12.5. The van der Waals surface area contributed by atoms with Gasteiger partial charge in [0.15, 0.2) is 0 Å². The molecule has 4 heteroatoms. The lowest BCUT2D eigenvalue weighted by atomic mass is 10.0. The van der Waals surface area contributed by atoms with E-state index < -0.39 is 0 Å². The predicted molar refractivity (Wildman–Crippen MR) is 83.0 cm³/mol. The first-order chi connectivity index (χ1) is 10.1. The fourth-order valence-corrected chi connectivity index (χ4v) is 2.02. The minimum atomic E-state index is -0.224. The number of aryl methyl sites for hydroxylation is 1. The number of aliphatic hydroxyl groups excluding tert-OH is 2. The van der Waals surface area contributed by atoms with Gasteiger partial charge in [-0.15, -0.1) is 0 Å². The van der Waals surface area contributed by atoms with Gasteiger partial charge in [0.2, 0.25) is 0 Å². The molecule has 0 aliphatic heterocycles. The Hall–Kier alpha value is -1.83. The fraction of sp³-hybridized carbons (Fsp3) is 0.471. The minimum Gasteiger partial charge on any atom is -0.396 e. The first-order valence-corrected chi connectivity index (χ1v) is 7.17. The molecule has 21 heavy (non-hydrogen) atoms. The molecule has 0 aromatic heterocycles. The Balaban J connectivity index is 2.82. The molecule has 0 saturated carbocycles. The van der Waals surface area contributed by atoms with E-state index in [2.05, 4.69) is 11.8 Å². The molecule has 114 valence electrons. The molecule has 1 rings (SSSR count). The molecule has 0 radical (unpaired) electrons. The van der Waals surface area contributed by atoms with Crippen molar-refractivity contribution in [3.8, 4) is 11.8 Å². The normalized spacial score (nSPS) is 9.90. The summed E-state index contributed by atoms with van der Waals surface area (Å²) in [5, 5.41) is 17.5. The van der Waals surface area contributed by atoms with Gasteiger partial charge in [0, 0.05) is 25.8 Å². The Bertz CT molecular complexity index is 529. The number of hydrogen-bond donors (Lipinski definition) is 2. The molecule has 1 aromatic carbocycles. The van der Waals surface area contributed by atoms with Crippen molar-refractivity contribution in [1.29, 1.82) is 0 Å². The molecule has 0 atom stereocenters. The monoisotopic (exact) mass is 289 g/mol. The second kappa shape index (κ2) is 9.17. The number of hydrogen-bond acceptors (Lipinski definition) is 3. The number of unbranched alkanes of at least 4 members (excludes halogenated alkanes) is 2. The van der Waals surface area contributed by atoms with Crippen LogP contribution in [0.15, 0.2) is 18.2 Å². The Morgan fingerprint density at radius 2 is 2.00 bits per heavy atom. The highest BCUT2D eigenvalue weighted by molar-refractivity contribution is 5.96. The molecule has 1 aromatic rings. The van der Waals surface area contributed by atoms with Crippen molar-refractivity contribution in [2.24, 2.45) is 0 Å². The highest BCUT2D eigenvalue weighted by Crippen LogP contribution is 2.13. The van der Waals surface area contributed by atoms with Crippen LogP contribution in [0.1, 0.15) is 40.7 Å². The molecule has 0 aliphatic rings. The first-order valence-electron chi connectivity index (χ1n) is 7.17. The first kappa shape index (κ1) is 17.2. The van der Waals surface area contributed by atoms with E-state index in [1.807, 2.05) is 25.1 Å². The van der Waals surface area contributed by atoms with Crippen molar-refractivity contribution in [1.82, 2.24) is 4.90 Å². The highest BCUT2D eigenvalue weighted by Gasteiger charge is 2.15. The van der Waals surface area contributed by atoms with E-state index in [0.29, 0.717) is 17.7 Å². The lowest BCUT2D eigenvalue weighted by molar-refractivity contribution is 0.0792. The Kier molecular flexibility index (Phi) is 7.52. The van der Waals surface area contributed by atoms with E-state index in [1.54, 1.807) is 11.9 Å². The van der Waals surface area contributed by atoms with Gasteiger partial charge in [-0.3, -0.25) is 4.79 Å². The smallest absolute Gasteiger partial charge is 0.254 e. The standard InChI is InChI=1S/C17H23NO3/c1-14-8-9-15(7-6-12-20)16(13-14)17(21)18(2)10-4-3-5-11-19/h8-9,13,19-20H,3-5,10-12H2,1-2H3. The average molecular weight is 289 g/mol. The summed E-state index contributed by atoms with van der Waals surface area (Å²) in [5.74, 6) is 5.34. The van der Waals surface area contributed by atoms with Crippen LogP contribution in [0.25, 0.3) is 0 Å². The van der Waals surface area contributed by atoms with Gasteiger partial charge in [-0.25, -0.2) is 0 Å². The van der Waals surface area contributed by atoms with Crippen molar-refractivity contribution < 1.29 is 15.0 Å². The summed E-state index contributed by atoms with van der Waals surface area (Å²) in [6.07, 6.45) is 2.53. The third kappa shape index (κ3) is 5.58. The maximum atomic E-state index is 12.5. The van der Waals surface area contributed by atoms with E-state index in [1.165, 1.54) is 0 Å². The maximum Gasteiger partial charge on any atom is 0.254 e. The molecule has 0 saturated heterocycles. The molecular weight excluding hydrogens is 266 g/mol. The summed E-state index contributed by atoms with van der Waals surface area (Å²) in [7, 11) is 1.77. The van der Waals surface area contributed by atoms with Crippen LogP contribution < -0.4 is 0 Å². The third-order valence-electron chi connectivity index (χ3n) is 3.21. The molecule has 0 spiro atoms. The molecular formula is C17H23NO3. The Labute approximate surface area is 126 Å². The Morgan fingerprint density at radius 1 is 1.24 bits per heavy atom. The zero-order valence-corrected chi connectivity index (χ0v) is 12.7. The summed E-state index contributed by atoms with van der Waals surface area (Å²) in [6.45, 7) is 2.55. The van der Waals surface area contributed by atoms with Crippen LogP contribution in [-0.2, 0) is 0 Å². The molecule has 4 nitrogen and oxygen atoms in total. The molecule has 2 N–H and O–H groups in total. The minimum absolute atomic E-state index is 0.0649. The summed E-state index contributed by atoms with van der Waals surface area (Å²) in [6, 6.07) is 5.54. The second-order valence-electron chi connectivity index (χ2n) is 5.02. The van der Waals surface area contributed by atoms with Crippen molar-refractivity contribution >= 4 is 5.91 Å². The highest BCUT2D eigenvalue weighted by atomic mass is 16.3. The summed E-state index contributed by atoms with van der Waals surface area (Å²) < 4.78 is 0. The van der Waals surface area contributed by atoms with Gasteiger partial charge in [-0.2, -0.15) is 0 Å². The van der Waals surface area contributed by atoms with Gasteiger partial charge in [-0.05, 0) is 38.3 Å². The number of carbonyl (C=O) groups excluding carboxylic acids is 1. The zero-order valence-electron chi connectivity index (χ0n) is 12.7. The Morgan fingerprint density at radius 3 is 2.67 bits per heavy atom. The van der Waals surface area contributed by atoms with Crippen LogP contribution in [-0.4, -0.2) is 47.8 Å². The molecule has 0 fully saturated rings. The topological polar surface area (TPSA) is 60.8 Å². The van der Waals surface area contributed by atoms with Crippen molar-refractivity contribution in [3.63, 3.8) is 0 Å². The molecule has 0 bridgehead atoms. The number of nitrogens with zero attached hydrogens (tertiary/aromatic N) is 1. The molecule has 1 amide bonds. The SMILES string of the molecule is Cc1ccc(C#CCO)c(C(=O)N(C)CCCCCO)c1. The molecule has 0 heterocycles. The van der Waals surface area contributed by atoms with Crippen LogP contribution in [0.2, 0.25) is 0 Å². The number of carbonyl (C=O) groups is 1. The van der Waals surface area contributed by atoms with E-state index >= 15 is 0 Å². The lowest BCUT2D eigenvalue weighted by Crippen LogP contribution is -2.28. The number of rotatable bonds is 6. The van der Waals surface area contributed by atoms with Crippen molar-refractivity contribution in [2.45, 2.75) is 26.2 Å².